The van der Waals surface area contributed by atoms with Crippen molar-refractivity contribution in [2.75, 3.05) is 5.32 Å². The van der Waals surface area contributed by atoms with E-state index in [4.69, 9.17) is 8.83 Å². The summed E-state index contributed by atoms with van der Waals surface area (Å²) in [6.07, 6.45) is 0. The highest BCUT2D eigenvalue weighted by Crippen LogP contribution is 2.38. The second-order valence-electron chi connectivity index (χ2n) is 6.55. The van der Waals surface area contributed by atoms with E-state index >= 15 is 0 Å². The van der Waals surface area contributed by atoms with Gasteiger partial charge in [-0.1, -0.05) is 34.1 Å². The lowest BCUT2D eigenvalue weighted by molar-refractivity contribution is 0.0699. The first-order valence-electron chi connectivity index (χ1n) is 8.84. The standard InChI is InChI=1S/C22H12BrNO5S/c23-13-5-6-16-12(7-13)9-17(28-16)14-10-30-21(19(14)22(26)27)24-20(25)18-8-11-3-1-2-4-15(11)29-18/h1-10H,(H,24,25)(H,26,27). The first kappa shape index (κ1) is 18.7. The van der Waals surface area contributed by atoms with Crippen LogP contribution in [0.3, 0.4) is 0 Å². The van der Waals surface area contributed by atoms with Crippen LogP contribution in [-0.2, 0) is 0 Å². The first-order valence-corrected chi connectivity index (χ1v) is 10.5. The number of halogens is 1. The van der Waals surface area contributed by atoms with E-state index in [1.54, 1.807) is 29.6 Å². The number of carbonyl (C=O) groups is 2. The third kappa shape index (κ3) is 3.20. The van der Waals surface area contributed by atoms with Crippen LogP contribution in [-0.4, -0.2) is 17.0 Å². The molecule has 0 saturated carbocycles. The van der Waals surface area contributed by atoms with Crippen LogP contribution in [0.2, 0.25) is 0 Å². The molecule has 0 aliphatic carbocycles. The summed E-state index contributed by atoms with van der Waals surface area (Å²) >= 11 is 4.53. The molecule has 0 bridgehead atoms. The topological polar surface area (TPSA) is 92.7 Å². The Bertz CT molecular complexity index is 1410. The van der Waals surface area contributed by atoms with Crippen molar-refractivity contribution >= 4 is 66.1 Å². The molecular formula is C22H12BrNO5S. The van der Waals surface area contributed by atoms with Crippen molar-refractivity contribution in [3.8, 4) is 11.3 Å². The Morgan fingerprint density at radius 1 is 0.967 bits per heavy atom. The van der Waals surface area contributed by atoms with Gasteiger partial charge in [-0.25, -0.2) is 4.79 Å². The molecule has 148 valence electrons. The normalized spacial score (nSPS) is 11.2. The van der Waals surface area contributed by atoms with Gasteiger partial charge in [0.1, 0.15) is 27.5 Å². The fourth-order valence-corrected chi connectivity index (χ4v) is 4.56. The summed E-state index contributed by atoms with van der Waals surface area (Å²) < 4.78 is 12.3. The number of aromatic carboxylic acids is 1. The molecule has 0 aliphatic rings. The number of benzene rings is 2. The van der Waals surface area contributed by atoms with Crippen LogP contribution < -0.4 is 5.32 Å². The van der Waals surface area contributed by atoms with Crippen LogP contribution in [0.15, 0.2) is 73.3 Å². The van der Waals surface area contributed by atoms with Crippen LogP contribution >= 0.6 is 27.3 Å². The number of carbonyl (C=O) groups excluding carboxylic acids is 1. The van der Waals surface area contributed by atoms with Crippen molar-refractivity contribution in [1.29, 1.82) is 0 Å². The summed E-state index contributed by atoms with van der Waals surface area (Å²) in [5.74, 6) is -1.15. The second kappa shape index (κ2) is 7.16. The average molecular weight is 482 g/mol. The second-order valence-corrected chi connectivity index (χ2v) is 8.35. The zero-order valence-corrected chi connectivity index (χ0v) is 17.5. The summed E-state index contributed by atoms with van der Waals surface area (Å²) in [7, 11) is 0. The first-order chi connectivity index (χ1) is 14.5. The number of carboxylic acids is 1. The minimum atomic E-state index is -1.16. The highest BCUT2D eigenvalue weighted by Gasteiger charge is 2.24. The number of hydrogen-bond acceptors (Lipinski definition) is 5. The molecule has 3 aromatic heterocycles. The highest BCUT2D eigenvalue weighted by molar-refractivity contribution is 9.10. The number of anilines is 1. The van der Waals surface area contributed by atoms with Gasteiger partial charge in [0.05, 0.1) is 0 Å². The predicted molar refractivity (Wildman–Crippen MR) is 118 cm³/mol. The van der Waals surface area contributed by atoms with Crippen molar-refractivity contribution in [3.05, 3.63) is 75.8 Å². The van der Waals surface area contributed by atoms with E-state index in [2.05, 4.69) is 21.2 Å². The molecule has 2 N–H and O–H groups in total. The van der Waals surface area contributed by atoms with E-state index in [-0.39, 0.29) is 16.3 Å². The number of amides is 1. The van der Waals surface area contributed by atoms with E-state index < -0.39 is 11.9 Å². The van der Waals surface area contributed by atoms with E-state index in [1.165, 1.54) is 0 Å². The molecule has 0 saturated heterocycles. The Balaban J connectivity index is 1.52. The maximum atomic E-state index is 12.7. The van der Waals surface area contributed by atoms with Gasteiger partial charge in [0.2, 0.25) is 0 Å². The van der Waals surface area contributed by atoms with Crippen LogP contribution in [0.1, 0.15) is 20.9 Å². The SMILES string of the molecule is O=C(Nc1scc(-c2cc3cc(Br)ccc3o2)c1C(=O)O)c1cc2ccccc2o1. The molecule has 8 heteroatoms. The Hall–Kier alpha value is -3.36. The molecule has 0 atom stereocenters. The number of para-hydroxylation sites is 1. The van der Waals surface area contributed by atoms with Crippen LogP contribution in [0.5, 0.6) is 0 Å². The van der Waals surface area contributed by atoms with Crippen LogP contribution in [0.25, 0.3) is 33.3 Å². The third-order valence-corrected chi connectivity index (χ3v) is 6.01. The van der Waals surface area contributed by atoms with Crippen LogP contribution in [0, 0.1) is 0 Å². The van der Waals surface area contributed by atoms with E-state index in [0.717, 1.165) is 26.6 Å². The van der Waals surface area contributed by atoms with Crippen molar-refractivity contribution in [2.45, 2.75) is 0 Å². The maximum Gasteiger partial charge on any atom is 0.339 e. The van der Waals surface area contributed by atoms with Gasteiger partial charge in [0.25, 0.3) is 5.91 Å². The lowest BCUT2D eigenvalue weighted by Gasteiger charge is -2.03. The Morgan fingerprint density at radius 2 is 1.77 bits per heavy atom. The molecular weight excluding hydrogens is 470 g/mol. The minimum absolute atomic E-state index is 0.0254. The summed E-state index contributed by atoms with van der Waals surface area (Å²) in [6, 6.07) is 16.2. The van der Waals surface area contributed by atoms with Gasteiger partial charge >= 0.3 is 5.97 Å². The van der Waals surface area contributed by atoms with Crippen LogP contribution in [0.4, 0.5) is 5.00 Å². The molecule has 5 rings (SSSR count). The molecule has 3 heterocycles. The lowest BCUT2D eigenvalue weighted by atomic mass is 10.1. The molecule has 0 spiro atoms. The quantitative estimate of drug-likeness (QED) is 0.300. The van der Waals surface area contributed by atoms with Crippen molar-refractivity contribution in [1.82, 2.24) is 0 Å². The van der Waals surface area contributed by atoms with E-state index in [0.29, 0.717) is 22.5 Å². The zero-order valence-electron chi connectivity index (χ0n) is 15.1. The van der Waals surface area contributed by atoms with E-state index in [9.17, 15) is 14.7 Å². The molecule has 0 aliphatic heterocycles. The smallest absolute Gasteiger partial charge is 0.339 e. The van der Waals surface area contributed by atoms with Crippen molar-refractivity contribution in [3.63, 3.8) is 0 Å². The zero-order chi connectivity index (χ0) is 20.8. The number of thiophene rings is 1. The Labute approximate surface area is 181 Å². The van der Waals surface area contributed by atoms with Gasteiger partial charge in [-0.2, -0.15) is 0 Å². The molecule has 2 aromatic carbocycles. The summed E-state index contributed by atoms with van der Waals surface area (Å²) in [4.78, 5) is 24.7. The number of hydrogen-bond donors (Lipinski definition) is 2. The van der Waals surface area contributed by atoms with Gasteiger partial charge in [0.15, 0.2) is 5.76 Å². The fourth-order valence-electron chi connectivity index (χ4n) is 3.25. The van der Waals surface area contributed by atoms with Gasteiger partial charge in [-0.15, -0.1) is 11.3 Å². The van der Waals surface area contributed by atoms with Crippen molar-refractivity contribution in [2.24, 2.45) is 0 Å². The minimum Gasteiger partial charge on any atom is -0.478 e. The largest absolute Gasteiger partial charge is 0.478 e. The maximum absolute atomic E-state index is 12.7. The number of rotatable bonds is 4. The molecule has 0 unspecified atom stereocenters. The number of nitrogens with one attached hydrogen (secondary N) is 1. The monoisotopic (exact) mass is 481 g/mol. The number of fused-ring (bicyclic) bond motifs is 2. The van der Waals surface area contributed by atoms with E-state index in [1.807, 2.05) is 30.3 Å². The number of carboxylic acid groups (broad SMARTS) is 1. The molecule has 0 fully saturated rings. The van der Waals surface area contributed by atoms with Crippen molar-refractivity contribution < 1.29 is 23.5 Å². The molecule has 0 radical (unpaired) electrons. The predicted octanol–water partition coefficient (Wildman–Crippen LogP) is 6.62. The lowest BCUT2D eigenvalue weighted by Crippen LogP contribution is -2.12. The Kier molecular flexibility index (Phi) is 4.45. The third-order valence-electron chi connectivity index (χ3n) is 4.63. The number of furan rings is 2. The summed E-state index contributed by atoms with van der Waals surface area (Å²) in [6.45, 7) is 0. The summed E-state index contributed by atoms with van der Waals surface area (Å²) in [5.41, 5.74) is 1.60. The average Bonchev–Trinajstić information content (AvgIpc) is 3.43. The van der Waals surface area contributed by atoms with Gasteiger partial charge in [-0.05, 0) is 36.4 Å². The fraction of sp³-hybridized carbons (Fsp3) is 0. The Morgan fingerprint density at radius 3 is 2.57 bits per heavy atom. The van der Waals surface area contributed by atoms with Gasteiger partial charge in [-0.3, -0.25) is 4.79 Å². The molecule has 5 aromatic rings. The molecule has 1 amide bonds. The molecule has 30 heavy (non-hydrogen) atoms. The molecule has 6 nitrogen and oxygen atoms in total. The highest BCUT2D eigenvalue weighted by atomic mass is 79.9. The van der Waals surface area contributed by atoms with Gasteiger partial charge in [0, 0.05) is 26.2 Å². The summed E-state index contributed by atoms with van der Waals surface area (Å²) in [5, 5.41) is 16.0. The van der Waals surface area contributed by atoms with Gasteiger partial charge < -0.3 is 19.3 Å².